The SMILES string of the molecule is CC(CN1C(=O)c2ccccc2C1C(=O)NC(C)(C)C)c1ccc(F)cc1. The van der Waals surface area contributed by atoms with Crippen molar-refractivity contribution in [1.29, 1.82) is 0 Å². The van der Waals surface area contributed by atoms with Crippen LogP contribution in [0.2, 0.25) is 0 Å². The minimum Gasteiger partial charge on any atom is -0.349 e. The molecule has 2 atom stereocenters. The fourth-order valence-corrected chi connectivity index (χ4v) is 3.47. The van der Waals surface area contributed by atoms with Gasteiger partial charge in [0.25, 0.3) is 5.91 Å². The zero-order chi connectivity index (χ0) is 19.8. The van der Waals surface area contributed by atoms with Crippen LogP contribution in [0.3, 0.4) is 0 Å². The summed E-state index contributed by atoms with van der Waals surface area (Å²) in [5.41, 5.74) is 1.83. The molecule has 0 saturated heterocycles. The summed E-state index contributed by atoms with van der Waals surface area (Å²) in [6, 6.07) is 12.9. The summed E-state index contributed by atoms with van der Waals surface area (Å²) in [6.45, 7) is 8.10. The van der Waals surface area contributed by atoms with Gasteiger partial charge in [0, 0.05) is 17.6 Å². The van der Waals surface area contributed by atoms with Crippen molar-refractivity contribution in [1.82, 2.24) is 10.2 Å². The maximum atomic E-state index is 13.2. The zero-order valence-electron chi connectivity index (χ0n) is 16.1. The lowest BCUT2D eigenvalue weighted by Gasteiger charge is -2.30. The Morgan fingerprint density at radius 1 is 1.15 bits per heavy atom. The molecule has 1 N–H and O–H groups in total. The van der Waals surface area contributed by atoms with Crippen LogP contribution in [0.1, 0.15) is 61.1 Å². The molecule has 2 amide bonds. The number of carbonyl (C=O) groups excluding carboxylic acids is 2. The average Bonchev–Trinajstić information content (AvgIpc) is 2.87. The second-order valence-corrected chi connectivity index (χ2v) is 8.14. The van der Waals surface area contributed by atoms with E-state index in [0.717, 1.165) is 11.1 Å². The van der Waals surface area contributed by atoms with E-state index in [9.17, 15) is 14.0 Å². The molecule has 0 radical (unpaired) electrons. The molecule has 1 heterocycles. The molecule has 0 fully saturated rings. The third kappa shape index (κ3) is 4.02. The van der Waals surface area contributed by atoms with E-state index in [1.54, 1.807) is 23.1 Å². The van der Waals surface area contributed by atoms with Crippen molar-refractivity contribution in [2.75, 3.05) is 6.54 Å². The van der Waals surface area contributed by atoms with E-state index in [0.29, 0.717) is 12.1 Å². The highest BCUT2D eigenvalue weighted by molar-refractivity contribution is 6.04. The smallest absolute Gasteiger partial charge is 0.255 e. The van der Waals surface area contributed by atoms with Gasteiger partial charge < -0.3 is 10.2 Å². The first kappa shape index (κ1) is 19.1. The molecule has 3 rings (SSSR count). The molecule has 0 aliphatic carbocycles. The van der Waals surface area contributed by atoms with Crippen LogP contribution in [0.25, 0.3) is 0 Å². The van der Waals surface area contributed by atoms with E-state index < -0.39 is 11.6 Å². The first-order chi connectivity index (χ1) is 12.7. The second kappa shape index (κ2) is 7.14. The maximum Gasteiger partial charge on any atom is 0.255 e. The molecule has 2 aromatic rings. The molecule has 0 bridgehead atoms. The fraction of sp³-hybridized carbons (Fsp3) is 0.364. The van der Waals surface area contributed by atoms with Crippen molar-refractivity contribution in [3.63, 3.8) is 0 Å². The van der Waals surface area contributed by atoms with Crippen LogP contribution in [-0.2, 0) is 4.79 Å². The van der Waals surface area contributed by atoms with Gasteiger partial charge in [0.15, 0.2) is 0 Å². The molecule has 1 aliphatic rings. The average molecular weight is 368 g/mol. The van der Waals surface area contributed by atoms with Gasteiger partial charge in [-0.1, -0.05) is 37.3 Å². The number of nitrogens with zero attached hydrogens (tertiary/aromatic N) is 1. The van der Waals surface area contributed by atoms with Crippen molar-refractivity contribution in [3.8, 4) is 0 Å². The van der Waals surface area contributed by atoms with Gasteiger partial charge in [0.2, 0.25) is 5.91 Å². The quantitative estimate of drug-likeness (QED) is 0.885. The van der Waals surface area contributed by atoms with Crippen LogP contribution in [0.5, 0.6) is 0 Å². The highest BCUT2D eigenvalue weighted by Crippen LogP contribution is 2.35. The van der Waals surface area contributed by atoms with Crippen molar-refractivity contribution in [3.05, 3.63) is 71.0 Å². The number of halogens is 1. The predicted molar refractivity (Wildman–Crippen MR) is 103 cm³/mol. The van der Waals surface area contributed by atoms with E-state index in [4.69, 9.17) is 0 Å². The number of hydrogen-bond acceptors (Lipinski definition) is 2. The number of benzene rings is 2. The summed E-state index contributed by atoms with van der Waals surface area (Å²) in [5, 5.41) is 2.99. The second-order valence-electron chi connectivity index (χ2n) is 8.14. The predicted octanol–water partition coefficient (Wildman–Crippen LogP) is 4.04. The van der Waals surface area contributed by atoms with Gasteiger partial charge in [0.05, 0.1) is 0 Å². The number of carbonyl (C=O) groups is 2. The van der Waals surface area contributed by atoms with E-state index in [2.05, 4.69) is 5.32 Å². The van der Waals surface area contributed by atoms with Gasteiger partial charge in [0.1, 0.15) is 11.9 Å². The van der Waals surface area contributed by atoms with Gasteiger partial charge in [-0.05, 0) is 56.0 Å². The molecule has 2 unspecified atom stereocenters. The van der Waals surface area contributed by atoms with Crippen LogP contribution in [0, 0.1) is 5.82 Å². The normalized spacial score (nSPS) is 17.6. The van der Waals surface area contributed by atoms with Crippen molar-refractivity contribution in [2.45, 2.75) is 45.2 Å². The Balaban J connectivity index is 1.90. The van der Waals surface area contributed by atoms with Gasteiger partial charge in [-0.2, -0.15) is 0 Å². The lowest BCUT2D eigenvalue weighted by atomic mass is 9.99. The lowest BCUT2D eigenvalue weighted by molar-refractivity contribution is -0.127. The summed E-state index contributed by atoms with van der Waals surface area (Å²) in [5.74, 6) is -0.660. The summed E-state index contributed by atoms with van der Waals surface area (Å²) in [4.78, 5) is 27.6. The number of hydrogen-bond donors (Lipinski definition) is 1. The minimum atomic E-state index is -0.657. The number of amides is 2. The topological polar surface area (TPSA) is 49.4 Å². The van der Waals surface area contributed by atoms with Crippen LogP contribution >= 0.6 is 0 Å². The van der Waals surface area contributed by atoms with Gasteiger partial charge >= 0.3 is 0 Å². The van der Waals surface area contributed by atoms with Crippen molar-refractivity contribution in [2.24, 2.45) is 0 Å². The fourth-order valence-electron chi connectivity index (χ4n) is 3.47. The van der Waals surface area contributed by atoms with Crippen molar-refractivity contribution >= 4 is 11.8 Å². The van der Waals surface area contributed by atoms with Gasteiger partial charge in [-0.25, -0.2) is 4.39 Å². The standard InChI is InChI=1S/C22H25FN2O2/c1-14(15-9-11-16(23)12-10-15)13-25-19(20(26)24-22(2,3)4)17-7-5-6-8-18(17)21(25)27/h5-12,14,19H,13H2,1-4H3,(H,24,26). The molecule has 0 aromatic heterocycles. The van der Waals surface area contributed by atoms with E-state index in [1.807, 2.05) is 45.9 Å². The molecule has 1 aliphatic heterocycles. The Bertz CT molecular complexity index is 855. The molecular formula is C22H25FN2O2. The molecule has 0 spiro atoms. The first-order valence-corrected chi connectivity index (χ1v) is 9.15. The summed E-state index contributed by atoms with van der Waals surface area (Å²) in [7, 11) is 0. The van der Waals surface area contributed by atoms with Crippen LogP contribution in [0.15, 0.2) is 48.5 Å². The minimum absolute atomic E-state index is 0.0335. The first-order valence-electron chi connectivity index (χ1n) is 9.15. The Morgan fingerprint density at radius 2 is 1.78 bits per heavy atom. The molecular weight excluding hydrogens is 343 g/mol. The summed E-state index contributed by atoms with van der Waals surface area (Å²) < 4.78 is 13.2. The Morgan fingerprint density at radius 3 is 2.41 bits per heavy atom. The molecule has 0 saturated carbocycles. The zero-order valence-corrected chi connectivity index (χ0v) is 16.1. The Kier molecular flexibility index (Phi) is 5.05. The monoisotopic (exact) mass is 368 g/mol. The third-order valence-electron chi connectivity index (χ3n) is 4.71. The molecule has 4 nitrogen and oxygen atoms in total. The Hall–Kier alpha value is -2.69. The summed E-state index contributed by atoms with van der Waals surface area (Å²) >= 11 is 0. The van der Waals surface area contributed by atoms with Gasteiger partial charge in [-0.15, -0.1) is 0 Å². The largest absolute Gasteiger partial charge is 0.349 e. The maximum absolute atomic E-state index is 13.2. The summed E-state index contributed by atoms with van der Waals surface area (Å²) in [6.07, 6.45) is 0. The van der Waals surface area contributed by atoms with Crippen LogP contribution in [-0.4, -0.2) is 28.8 Å². The van der Waals surface area contributed by atoms with Crippen molar-refractivity contribution < 1.29 is 14.0 Å². The van der Waals surface area contributed by atoms with Gasteiger partial charge in [-0.3, -0.25) is 9.59 Å². The van der Waals surface area contributed by atoms with E-state index >= 15 is 0 Å². The number of nitrogens with one attached hydrogen (secondary N) is 1. The van der Waals surface area contributed by atoms with E-state index in [-0.39, 0.29) is 23.5 Å². The molecule has 142 valence electrons. The van der Waals surface area contributed by atoms with Crippen LogP contribution < -0.4 is 5.32 Å². The molecule has 27 heavy (non-hydrogen) atoms. The van der Waals surface area contributed by atoms with Crippen LogP contribution in [0.4, 0.5) is 4.39 Å². The number of rotatable bonds is 4. The number of fused-ring (bicyclic) bond motifs is 1. The lowest BCUT2D eigenvalue weighted by Crippen LogP contribution is -2.47. The highest BCUT2D eigenvalue weighted by Gasteiger charge is 2.42. The van der Waals surface area contributed by atoms with E-state index in [1.165, 1.54) is 12.1 Å². The highest BCUT2D eigenvalue weighted by atomic mass is 19.1. The molecule has 5 heteroatoms. The third-order valence-corrected chi connectivity index (χ3v) is 4.71. The molecule has 2 aromatic carbocycles. The Labute approximate surface area is 159 Å².